The van der Waals surface area contributed by atoms with E-state index in [9.17, 15) is 0 Å². The highest BCUT2D eigenvalue weighted by atomic mass is 127. The number of rotatable bonds is 8. The SMILES string of the molecule is CN=C(NCC(C)SC)NCC(c1ccc(OC)cc1)N1CCCC1.I. The molecule has 0 aliphatic carbocycles. The molecule has 1 heterocycles. The number of halogens is 1. The molecule has 0 spiro atoms. The molecule has 0 saturated carbocycles. The van der Waals surface area contributed by atoms with Crippen LogP contribution in [0.5, 0.6) is 5.75 Å². The molecule has 1 aromatic rings. The minimum absolute atomic E-state index is 0. The standard InChI is InChI=1S/C19H32N4OS.HI/c1-15(25-4)13-21-19(20-2)22-14-18(23-11-5-6-12-23)16-7-9-17(24-3)10-8-16;/h7-10,15,18H,5-6,11-14H2,1-4H3,(H2,20,21,22);1H. The number of hydrogen-bond acceptors (Lipinski definition) is 4. The fraction of sp³-hybridized carbons (Fsp3) is 0.632. The van der Waals surface area contributed by atoms with Gasteiger partial charge in [-0.1, -0.05) is 19.1 Å². The van der Waals surface area contributed by atoms with Crippen molar-refractivity contribution in [3.05, 3.63) is 29.8 Å². The second-order valence-electron chi connectivity index (χ2n) is 6.41. The summed E-state index contributed by atoms with van der Waals surface area (Å²) in [5, 5.41) is 7.49. The number of nitrogens with one attached hydrogen (secondary N) is 2. The molecule has 1 saturated heterocycles. The van der Waals surface area contributed by atoms with Crippen LogP contribution in [-0.2, 0) is 0 Å². The number of methoxy groups -OCH3 is 1. The number of benzene rings is 1. The van der Waals surface area contributed by atoms with E-state index in [4.69, 9.17) is 4.74 Å². The van der Waals surface area contributed by atoms with E-state index >= 15 is 0 Å². The summed E-state index contributed by atoms with van der Waals surface area (Å²) < 4.78 is 5.29. The molecule has 2 N–H and O–H groups in total. The zero-order chi connectivity index (χ0) is 18.1. The van der Waals surface area contributed by atoms with E-state index in [0.717, 1.165) is 37.9 Å². The quantitative estimate of drug-likeness (QED) is 0.331. The minimum Gasteiger partial charge on any atom is -0.497 e. The molecular formula is C19H33IN4OS. The van der Waals surface area contributed by atoms with Crippen LogP contribution in [-0.4, -0.2) is 62.7 Å². The molecule has 0 radical (unpaired) electrons. The van der Waals surface area contributed by atoms with Crippen LogP contribution in [0.25, 0.3) is 0 Å². The van der Waals surface area contributed by atoms with Crippen molar-refractivity contribution < 1.29 is 4.74 Å². The van der Waals surface area contributed by atoms with Gasteiger partial charge in [-0.15, -0.1) is 24.0 Å². The zero-order valence-electron chi connectivity index (χ0n) is 16.3. The maximum atomic E-state index is 5.29. The Kier molecular flexibility index (Phi) is 11.4. The predicted molar refractivity (Wildman–Crippen MR) is 124 cm³/mol. The monoisotopic (exact) mass is 492 g/mol. The summed E-state index contributed by atoms with van der Waals surface area (Å²) in [5.41, 5.74) is 1.32. The van der Waals surface area contributed by atoms with Crippen LogP contribution >= 0.6 is 35.7 Å². The first-order valence-corrected chi connectivity index (χ1v) is 10.3. The van der Waals surface area contributed by atoms with Crippen LogP contribution in [0.4, 0.5) is 0 Å². The first-order chi connectivity index (χ1) is 12.2. The normalized spacial score (nSPS) is 17.3. The van der Waals surface area contributed by atoms with Gasteiger partial charge in [0.25, 0.3) is 0 Å². The third-order valence-electron chi connectivity index (χ3n) is 4.73. The maximum absolute atomic E-state index is 5.29. The average molecular weight is 492 g/mol. The van der Waals surface area contributed by atoms with E-state index in [1.54, 1.807) is 7.11 Å². The van der Waals surface area contributed by atoms with E-state index in [0.29, 0.717) is 11.3 Å². The number of nitrogens with zero attached hydrogens (tertiary/aromatic N) is 2. The molecule has 1 aliphatic heterocycles. The van der Waals surface area contributed by atoms with Gasteiger partial charge >= 0.3 is 0 Å². The van der Waals surface area contributed by atoms with Crippen molar-refractivity contribution in [2.75, 3.05) is 46.6 Å². The van der Waals surface area contributed by atoms with Gasteiger partial charge in [-0.3, -0.25) is 9.89 Å². The molecule has 2 unspecified atom stereocenters. The Balaban J connectivity index is 0.00000338. The van der Waals surface area contributed by atoms with Gasteiger partial charge in [-0.05, 0) is 49.9 Å². The summed E-state index contributed by atoms with van der Waals surface area (Å²) >= 11 is 1.86. The molecule has 1 aromatic carbocycles. The predicted octanol–water partition coefficient (Wildman–Crippen LogP) is 3.37. The van der Waals surface area contributed by atoms with Crippen molar-refractivity contribution >= 4 is 41.7 Å². The smallest absolute Gasteiger partial charge is 0.191 e. The van der Waals surface area contributed by atoms with E-state index in [-0.39, 0.29) is 24.0 Å². The van der Waals surface area contributed by atoms with Crippen LogP contribution < -0.4 is 15.4 Å². The molecule has 0 bridgehead atoms. The van der Waals surface area contributed by atoms with Crippen molar-refractivity contribution in [1.82, 2.24) is 15.5 Å². The van der Waals surface area contributed by atoms with E-state index in [2.05, 4.69) is 45.8 Å². The lowest BCUT2D eigenvalue weighted by molar-refractivity contribution is 0.245. The molecule has 1 aliphatic rings. The molecule has 5 nitrogen and oxygen atoms in total. The Morgan fingerprint density at radius 3 is 2.35 bits per heavy atom. The Hall–Kier alpha value is -0.670. The Labute approximate surface area is 179 Å². The molecule has 2 atom stereocenters. The summed E-state index contributed by atoms with van der Waals surface area (Å²) in [5.74, 6) is 1.78. The third kappa shape index (κ3) is 7.15. The number of ether oxygens (including phenoxy) is 1. The van der Waals surface area contributed by atoms with Gasteiger partial charge in [0.2, 0.25) is 0 Å². The number of aliphatic imine (C=N–C) groups is 1. The fourth-order valence-electron chi connectivity index (χ4n) is 3.07. The van der Waals surface area contributed by atoms with Gasteiger partial charge in [0, 0.05) is 25.4 Å². The van der Waals surface area contributed by atoms with Crippen molar-refractivity contribution in [1.29, 1.82) is 0 Å². The topological polar surface area (TPSA) is 48.9 Å². The lowest BCUT2D eigenvalue weighted by Crippen LogP contribution is -2.44. The summed E-state index contributed by atoms with van der Waals surface area (Å²) in [4.78, 5) is 6.92. The first kappa shape index (κ1) is 23.4. The Morgan fingerprint density at radius 2 is 1.81 bits per heavy atom. The van der Waals surface area contributed by atoms with Crippen LogP contribution in [0.3, 0.4) is 0 Å². The summed E-state index contributed by atoms with van der Waals surface area (Å²) in [7, 11) is 3.54. The molecule has 148 valence electrons. The highest BCUT2D eigenvalue weighted by molar-refractivity contribution is 14.0. The maximum Gasteiger partial charge on any atom is 0.191 e. The molecule has 7 heteroatoms. The highest BCUT2D eigenvalue weighted by Gasteiger charge is 2.23. The molecule has 2 rings (SSSR count). The van der Waals surface area contributed by atoms with Gasteiger partial charge in [0.1, 0.15) is 5.75 Å². The number of likely N-dealkylation sites (tertiary alicyclic amines) is 1. The van der Waals surface area contributed by atoms with Gasteiger partial charge in [0.05, 0.1) is 13.2 Å². The summed E-state index contributed by atoms with van der Waals surface area (Å²) in [6.07, 6.45) is 4.70. The van der Waals surface area contributed by atoms with Crippen LogP contribution in [0, 0.1) is 0 Å². The van der Waals surface area contributed by atoms with Gasteiger partial charge in [-0.25, -0.2) is 0 Å². The largest absolute Gasteiger partial charge is 0.497 e. The van der Waals surface area contributed by atoms with Crippen LogP contribution in [0.1, 0.15) is 31.4 Å². The van der Waals surface area contributed by atoms with Gasteiger partial charge in [0.15, 0.2) is 5.96 Å². The minimum atomic E-state index is 0. The summed E-state index contributed by atoms with van der Waals surface area (Å²) in [6, 6.07) is 8.80. The van der Waals surface area contributed by atoms with Crippen molar-refractivity contribution in [3.63, 3.8) is 0 Å². The molecule has 0 aromatic heterocycles. The first-order valence-electron chi connectivity index (χ1n) is 9.03. The fourth-order valence-corrected chi connectivity index (χ4v) is 3.32. The lowest BCUT2D eigenvalue weighted by Gasteiger charge is -2.29. The Morgan fingerprint density at radius 1 is 1.19 bits per heavy atom. The molecule has 0 amide bonds. The van der Waals surface area contributed by atoms with Crippen molar-refractivity contribution in [3.8, 4) is 5.75 Å². The molecular weight excluding hydrogens is 459 g/mol. The van der Waals surface area contributed by atoms with Crippen molar-refractivity contribution in [2.24, 2.45) is 4.99 Å². The zero-order valence-corrected chi connectivity index (χ0v) is 19.5. The van der Waals surface area contributed by atoms with Crippen LogP contribution in [0.2, 0.25) is 0 Å². The second-order valence-corrected chi connectivity index (χ2v) is 7.69. The number of thioether (sulfide) groups is 1. The second kappa shape index (κ2) is 12.7. The lowest BCUT2D eigenvalue weighted by atomic mass is 10.1. The van der Waals surface area contributed by atoms with Crippen LogP contribution in [0.15, 0.2) is 29.3 Å². The average Bonchev–Trinajstić information content (AvgIpc) is 3.19. The number of hydrogen-bond donors (Lipinski definition) is 2. The highest BCUT2D eigenvalue weighted by Crippen LogP contribution is 2.26. The molecule has 26 heavy (non-hydrogen) atoms. The van der Waals surface area contributed by atoms with E-state index in [1.165, 1.54) is 18.4 Å². The van der Waals surface area contributed by atoms with Gasteiger partial charge in [-0.2, -0.15) is 11.8 Å². The summed E-state index contributed by atoms with van der Waals surface area (Å²) in [6.45, 7) is 6.30. The van der Waals surface area contributed by atoms with E-state index < -0.39 is 0 Å². The Bertz CT molecular complexity index is 535. The van der Waals surface area contributed by atoms with Crippen molar-refractivity contribution in [2.45, 2.75) is 31.1 Å². The van der Waals surface area contributed by atoms with Gasteiger partial charge < -0.3 is 15.4 Å². The third-order valence-corrected chi connectivity index (χ3v) is 5.70. The van der Waals surface area contributed by atoms with E-state index in [1.807, 2.05) is 30.9 Å². The number of guanidine groups is 1. The molecule has 1 fully saturated rings.